The third-order valence-electron chi connectivity index (χ3n) is 3.67. The number of hydrogen-bond acceptors (Lipinski definition) is 4. The van der Waals surface area contributed by atoms with Gasteiger partial charge in [-0.25, -0.2) is 4.79 Å². The molecule has 0 heterocycles. The molecule has 0 bridgehead atoms. The Hall–Kier alpha value is -1.91. The molecule has 102 valence electrons. The van der Waals surface area contributed by atoms with Crippen molar-refractivity contribution in [3.63, 3.8) is 0 Å². The van der Waals surface area contributed by atoms with Crippen LogP contribution in [0.2, 0.25) is 0 Å². The van der Waals surface area contributed by atoms with Crippen molar-refractivity contribution in [3.8, 4) is 0 Å². The summed E-state index contributed by atoms with van der Waals surface area (Å²) in [6.45, 7) is 1.92. The number of benzene rings is 1. The lowest BCUT2D eigenvalue weighted by Crippen LogP contribution is -2.22. The van der Waals surface area contributed by atoms with Crippen molar-refractivity contribution in [2.45, 2.75) is 38.7 Å². The van der Waals surface area contributed by atoms with Crippen LogP contribution in [-0.2, 0) is 4.74 Å². The molecule has 1 unspecified atom stereocenters. The number of ether oxygens (including phenoxy) is 1. The fourth-order valence-corrected chi connectivity index (χ4v) is 2.48. The van der Waals surface area contributed by atoms with Crippen LogP contribution in [0.5, 0.6) is 0 Å². The topological polar surface area (TPSA) is 69.4 Å². The highest BCUT2D eigenvalue weighted by molar-refractivity contribution is 5.89. The van der Waals surface area contributed by atoms with Gasteiger partial charge < -0.3 is 4.74 Å². The van der Waals surface area contributed by atoms with E-state index in [1.807, 2.05) is 6.92 Å². The molecular formula is C14H17NO4. The fourth-order valence-electron chi connectivity index (χ4n) is 2.48. The van der Waals surface area contributed by atoms with Crippen molar-refractivity contribution in [3.05, 3.63) is 39.9 Å². The van der Waals surface area contributed by atoms with Gasteiger partial charge in [-0.15, -0.1) is 0 Å². The molecule has 0 aliphatic heterocycles. The van der Waals surface area contributed by atoms with Gasteiger partial charge in [0.05, 0.1) is 10.5 Å². The van der Waals surface area contributed by atoms with Crippen LogP contribution >= 0.6 is 0 Å². The molecule has 0 radical (unpaired) electrons. The van der Waals surface area contributed by atoms with Crippen molar-refractivity contribution in [2.24, 2.45) is 5.92 Å². The molecule has 1 fully saturated rings. The predicted molar refractivity (Wildman–Crippen MR) is 69.9 cm³/mol. The SMILES string of the molecule is CC(OC(=O)c1ccc([N+](=O)[O-])cc1)C1CCCC1. The third kappa shape index (κ3) is 3.30. The summed E-state index contributed by atoms with van der Waals surface area (Å²) >= 11 is 0. The van der Waals surface area contributed by atoms with Crippen molar-refractivity contribution in [1.29, 1.82) is 0 Å². The van der Waals surface area contributed by atoms with Gasteiger partial charge in [0.1, 0.15) is 6.10 Å². The summed E-state index contributed by atoms with van der Waals surface area (Å²) in [6, 6.07) is 5.50. The molecule has 0 aromatic heterocycles. The molecule has 5 heteroatoms. The molecule has 2 rings (SSSR count). The number of nitro benzene ring substituents is 1. The number of esters is 1. The normalized spacial score (nSPS) is 17.1. The van der Waals surface area contributed by atoms with Gasteiger partial charge in [0.15, 0.2) is 0 Å². The van der Waals surface area contributed by atoms with E-state index in [0.717, 1.165) is 12.8 Å². The average molecular weight is 263 g/mol. The first kappa shape index (κ1) is 13.5. The molecule has 1 saturated carbocycles. The van der Waals surface area contributed by atoms with Crippen molar-refractivity contribution in [2.75, 3.05) is 0 Å². The summed E-state index contributed by atoms with van der Waals surface area (Å²) in [5.41, 5.74) is 0.329. The number of carbonyl (C=O) groups excluding carboxylic acids is 1. The highest BCUT2D eigenvalue weighted by atomic mass is 16.6. The monoisotopic (exact) mass is 263 g/mol. The first-order chi connectivity index (χ1) is 9.08. The number of nitrogens with zero attached hydrogens (tertiary/aromatic N) is 1. The number of nitro groups is 1. The second-order valence-electron chi connectivity index (χ2n) is 4.96. The van der Waals surface area contributed by atoms with Crippen molar-refractivity contribution < 1.29 is 14.5 Å². The zero-order valence-electron chi connectivity index (χ0n) is 10.9. The Balaban J connectivity index is 1.97. The minimum Gasteiger partial charge on any atom is -0.459 e. The Morgan fingerprint density at radius 3 is 2.42 bits per heavy atom. The Morgan fingerprint density at radius 2 is 1.89 bits per heavy atom. The van der Waals surface area contributed by atoms with E-state index in [1.54, 1.807) is 0 Å². The van der Waals surface area contributed by atoms with Gasteiger partial charge in [0, 0.05) is 12.1 Å². The lowest BCUT2D eigenvalue weighted by atomic mass is 10.0. The maximum atomic E-state index is 11.9. The number of carbonyl (C=O) groups is 1. The third-order valence-corrected chi connectivity index (χ3v) is 3.67. The first-order valence-corrected chi connectivity index (χ1v) is 6.53. The van der Waals surface area contributed by atoms with Crippen LogP contribution < -0.4 is 0 Å². The van der Waals surface area contributed by atoms with Gasteiger partial charge in [-0.2, -0.15) is 0 Å². The Labute approximate surface area is 111 Å². The van der Waals surface area contributed by atoms with Crippen LogP contribution in [0.4, 0.5) is 5.69 Å². The summed E-state index contributed by atoms with van der Waals surface area (Å²) in [6.07, 6.45) is 4.52. The van der Waals surface area contributed by atoms with Gasteiger partial charge in [0.2, 0.25) is 0 Å². The molecule has 19 heavy (non-hydrogen) atoms. The molecule has 1 aliphatic rings. The molecule has 0 spiro atoms. The van der Waals surface area contributed by atoms with E-state index in [9.17, 15) is 14.9 Å². The van der Waals surface area contributed by atoms with E-state index >= 15 is 0 Å². The minimum atomic E-state index is -0.490. The molecule has 1 aliphatic carbocycles. The van der Waals surface area contributed by atoms with Crippen LogP contribution in [0, 0.1) is 16.0 Å². The Kier molecular flexibility index (Phi) is 4.14. The Bertz CT molecular complexity index is 463. The first-order valence-electron chi connectivity index (χ1n) is 6.53. The summed E-state index contributed by atoms with van der Waals surface area (Å²) in [5, 5.41) is 10.5. The molecule has 0 saturated heterocycles. The van der Waals surface area contributed by atoms with Crippen LogP contribution in [0.3, 0.4) is 0 Å². The summed E-state index contributed by atoms with van der Waals surface area (Å²) in [5.74, 6) is 0.0382. The molecule has 1 aromatic rings. The number of hydrogen-bond donors (Lipinski definition) is 0. The quantitative estimate of drug-likeness (QED) is 0.474. The van der Waals surface area contributed by atoms with Gasteiger partial charge >= 0.3 is 5.97 Å². The van der Waals surface area contributed by atoms with E-state index in [4.69, 9.17) is 4.74 Å². The highest BCUT2D eigenvalue weighted by Gasteiger charge is 2.24. The predicted octanol–water partition coefficient (Wildman–Crippen LogP) is 3.33. The number of non-ortho nitro benzene ring substituents is 1. The second-order valence-corrected chi connectivity index (χ2v) is 4.96. The smallest absolute Gasteiger partial charge is 0.338 e. The van der Waals surface area contributed by atoms with Crippen LogP contribution in [0.25, 0.3) is 0 Å². The molecule has 1 atom stereocenters. The molecular weight excluding hydrogens is 246 g/mol. The zero-order chi connectivity index (χ0) is 13.8. The van der Waals surface area contributed by atoms with Gasteiger partial charge in [0.25, 0.3) is 5.69 Å². The molecule has 5 nitrogen and oxygen atoms in total. The van der Waals surface area contributed by atoms with Crippen molar-refractivity contribution in [1.82, 2.24) is 0 Å². The lowest BCUT2D eigenvalue weighted by Gasteiger charge is -2.19. The van der Waals surface area contributed by atoms with Crippen LogP contribution in [0.15, 0.2) is 24.3 Å². The molecule has 0 N–H and O–H groups in total. The maximum Gasteiger partial charge on any atom is 0.338 e. The highest BCUT2D eigenvalue weighted by Crippen LogP contribution is 2.29. The van der Waals surface area contributed by atoms with Crippen LogP contribution in [-0.4, -0.2) is 17.0 Å². The summed E-state index contributed by atoms with van der Waals surface area (Å²) < 4.78 is 5.41. The minimum absolute atomic E-state index is 0.0274. The maximum absolute atomic E-state index is 11.9. The zero-order valence-corrected chi connectivity index (χ0v) is 10.9. The van der Waals surface area contributed by atoms with E-state index in [2.05, 4.69) is 0 Å². The Morgan fingerprint density at radius 1 is 1.32 bits per heavy atom. The number of rotatable bonds is 4. The molecule has 0 amide bonds. The second kappa shape index (κ2) is 5.82. The van der Waals surface area contributed by atoms with Gasteiger partial charge in [-0.3, -0.25) is 10.1 Å². The van der Waals surface area contributed by atoms with E-state index in [0.29, 0.717) is 11.5 Å². The lowest BCUT2D eigenvalue weighted by molar-refractivity contribution is -0.384. The largest absolute Gasteiger partial charge is 0.459 e. The summed E-state index contributed by atoms with van der Waals surface area (Å²) in [7, 11) is 0. The van der Waals surface area contributed by atoms with E-state index in [-0.39, 0.29) is 11.8 Å². The molecule has 1 aromatic carbocycles. The van der Waals surface area contributed by atoms with E-state index < -0.39 is 10.9 Å². The van der Waals surface area contributed by atoms with Gasteiger partial charge in [-0.05, 0) is 37.8 Å². The van der Waals surface area contributed by atoms with Gasteiger partial charge in [-0.1, -0.05) is 12.8 Å². The van der Waals surface area contributed by atoms with Crippen LogP contribution in [0.1, 0.15) is 43.0 Å². The summed E-state index contributed by atoms with van der Waals surface area (Å²) in [4.78, 5) is 21.9. The van der Waals surface area contributed by atoms with Crippen molar-refractivity contribution >= 4 is 11.7 Å². The van der Waals surface area contributed by atoms with E-state index in [1.165, 1.54) is 37.1 Å². The standard InChI is InChI=1S/C14H17NO4/c1-10(11-4-2-3-5-11)19-14(16)12-6-8-13(9-7-12)15(17)18/h6-11H,2-5H2,1H3. The fraction of sp³-hybridized carbons (Fsp3) is 0.500. The average Bonchev–Trinajstić information content (AvgIpc) is 2.92.